The predicted molar refractivity (Wildman–Crippen MR) is 78.2 cm³/mol. The van der Waals surface area contributed by atoms with Crippen molar-refractivity contribution >= 4 is 17.8 Å². The average Bonchev–Trinajstić information content (AvgIpc) is 2.49. The Morgan fingerprint density at radius 2 is 1.76 bits per heavy atom. The van der Waals surface area contributed by atoms with Crippen molar-refractivity contribution in [3.8, 4) is 0 Å². The summed E-state index contributed by atoms with van der Waals surface area (Å²) in [6.45, 7) is 4.18. The molecule has 2 amide bonds. The van der Waals surface area contributed by atoms with Gasteiger partial charge < -0.3 is 15.7 Å². The number of amides is 2. The van der Waals surface area contributed by atoms with Crippen molar-refractivity contribution in [1.29, 1.82) is 0 Å². The quantitative estimate of drug-likeness (QED) is 0.708. The molecule has 1 aromatic rings. The smallest absolute Gasteiger partial charge is 0.326 e. The molecule has 6 heteroatoms. The molecule has 0 fully saturated rings. The van der Waals surface area contributed by atoms with E-state index in [2.05, 4.69) is 10.6 Å². The van der Waals surface area contributed by atoms with E-state index >= 15 is 0 Å². The predicted octanol–water partition coefficient (Wildman–Crippen LogP) is 1.42. The monoisotopic (exact) mass is 292 g/mol. The van der Waals surface area contributed by atoms with Gasteiger partial charge in [0.15, 0.2) is 0 Å². The third-order valence-corrected chi connectivity index (χ3v) is 2.93. The minimum absolute atomic E-state index is 0.253. The van der Waals surface area contributed by atoms with Crippen LogP contribution in [-0.2, 0) is 4.79 Å². The zero-order chi connectivity index (χ0) is 15.8. The van der Waals surface area contributed by atoms with Gasteiger partial charge >= 0.3 is 5.97 Å². The fraction of sp³-hybridized carbons (Fsp3) is 0.400. The van der Waals surface area contributed by atoms with Crippen LogP contribution in [-0.4, -0.2) is 35.5 Å². The summed E-state index contributed by atoms with van der Waals surface area (Å²) in [6.07, 6.45) is 1.11. The van der Waals surface area contributed by atoms with Gasteiger partial charge in [-0.25, -0.2) is 4.79 Å². The van der Waals surface area contributed by atoms with Crippen molar-refractivity contribution in [3.05, 3.63) is 35.4 Å². The zero-order valence-electron chi connectivity index (χ0n) is 12.2. The Morgan fingerprint density at radius 3 is 2.29 bits per heavy atom. The summed E-state index contributed by atoms with van der Waals surface area (Å²) in [4.78, 5) is 34.7. The topological polar surface area (TPSA) is 95.5 Å². The van der Waals surface area contributed by atoms with E-state index in [4.69, 9.17) is 5.11 Å². The Bertz CT molecular complexity index is 528. The second-order valence-corrected chi connectivity index (χ2v) is 4.61. The van der Waals surface area contributed by atoms with Crippen LogP contribution in [0.15, 0.2) is 24.3 Å². The molecule has 3 N–H and O–H groups in total. The first-order valence-electron chi connectivity index (χ1n) is 6.91. The third-order valence-electron chi connectivity index (χ3n) is 2.93. The molecule has 0 heterocycles. The van der Waals surface area contributed by atoms with E-state index in [9.17, 15) is 14.4 Å². The second-order valence-electron chi connectivity index (χ2n) is 4.61. The normalized spacial score (nSPS) is 11.5. The first-order valence-corrected chi connectivity index (χ1v) is 6.91. The maximum atomic E-state index is 12.0. The van der Waals surface area contributed by atoms with Crippen molar-refractivity contribution in [2.75, 3.05) is 6.54 Å². The molecule has 0 aromatic heterocycles. The highest BCUT2D eigenvalue weighted by Gasteiger charge is 2.19. The van der Waals surface area contributed by atoms with Crippen LogP contribution in [0.5, 0.6) is 0 Å². The van der Waals surface area contributed by atoms with E-state index in [0.29, 0.717) is 12.1 Å². The molecular formula is C15H20N2O4. The summed E-state index contributed by atoms with van der Waals surface area (Å²) in [7, 11) is 0. The molecular weight excluding hydrogens is 272 g/mol. The number of carbonyl (C=O) groups excluding carboxylic acids is 2. The van der Waals surface area contributed by atoms with Crippen LogP contribution in [0, 0.1) is 0 Å². The molecule has 0 radical (unpaired) electrons. The van der Waals surface area contributed by atoms with Crippen LogP contribution in [0.1, 0.15) is 47.4 Å². The molecule has 0 aliphatic rings. The Labute approximate surface area is 123 Å². The second kappa shape index (κ2) is 8.04. The fourth-order valence-corrected chi connectivity index (χ4v) is 1.72. The van der Waals surface area contributed by atoms with E-state index in [-0.39, 0.29) is 17.9 Å². The summed E-state index contributed by atoms with van der Waals surface area (Å²) in [6, 6.07) is 5.26. The SMILES string of the molecule is CCCNC(=O)c1cccc(C(=O)NC(CC)C(=O)O)c1. The van der Waals surface area contributed by atoms with Gasteiger partial charge in [-0.05, 0) is 31.0 Å². The van der Waals surface area contributed by atoms with E-state index in [0.717, 1.165) is 6.42 Å². The highest BCUT2D eigenvalue weighted by atomic mass is 16.4. The van der Waals surface area contributed by atoms with Gasteiger partial charge in [-0.1, -0.05) is 19.9 Å². The number of nitrogens with one attached hydrogen (secondary N) is 2. The molecule has 21 heavy (non-hydrogen) atoms. The molecule has 0 aliphatic carbocycles. The molecule has 0 saturated heterocycles. The minimum atomic E-state index is -1.08. The Morgan fingerprint density at radius 1 is 1.14 bits per heavy atom. The van der Waals surface area contributed by atoms with Gasteiger partial charge in [-0.3, -0.25) is 9.59 Å². The van der Waals surface area contributed by atoms with E-state index in [1.54, 1.807) is 25.1 Å². The number of carboxylic acid groups (broad SMARTS) is 1. The lowest BCUT2D eigenvalue weighted by atomic mass is 10.1. The first kappa shape index (κ1) is 16.7. The van der Waals surface area contributed by atoms with Crippen molar-refractivity contribution in [2.24, 2.45) is 0 Å². The highest BCUT2D eigenvalue weighted by molar-refractivity contribution is 6.00. The summed E-state index contributed by atoms with van der Waals surface area (Å²) in [5.41, 5.74) is 0.637. The summed E-state index contributed by atoms with van der Waals surface area (Å²) in [5, 5.41) is 14.1. The molecule has 1 rings (SSSR count). The number of benzene rings is 1. The molecule has 0 saturated carbocycles. The number of carboxylic acids is 1. The average molecular weight is 292 g/mol. The maximum absolute atomic E-state index is 12.0. The molecule has 0 spiro atoms. The maximum Gasteiger partial charge on any atom is 0.326 e. The number of rotatable bonds is 7. The van der Waals surface area contributed by atoms with E-state index in [1.165, 1.54) is 6.07 Å². The van der Waals surface area contributed by atoms with E-state index < -0.39 is 17.9 Å². The van der Waals surface area contributed by atoms with Gasteiger partial charge in [0.1, 0.15) is 6.04 Å². The van der Waals surface area contributed by atoms with Gasteiger partial charge in [0.05, 0.1) is 0 Å². The van der Waals surface area contributed by atoms with Crippen LogP contribution in [0.3, 0.4) is 0 Å². The van der Waals surface area contributed by atoms with Crippen LogP contribution in [0.25, 0.3) is 0 Å². The lowest BCUT2D eigenvalue weighted by Gasteiger charge is -2.12. The molecule has 114 valence electrons. The fourth-order valence-electron chi connectivity index (χ4n) is 1.72. The summed E-state index contributed by atoms with van der Waals surface area (Å²) >= 11 is 0. The number of aliphatic carboxylic acids is 1. The lowest BCUT2D eigenvalue weighted by Crippen LogP contribution is -2.40. The third kappa shape index (κ3) is 4.91. The van der Waals surface area contributed by atoms with Crippen LogP contribution >= 0.6 is 0 Å². The van der Waals surface area contributed by atoms with Crippen LogP contribution in [0.4, 0.5) is 0 Å². The van der Waals surface area contributed by atoms with Crippen molar-refractivity contribution in [1.82, 2.24) is 10.6 Å². The number of hydrogen-bond acceptors (Lipinski definition) is 3. The Balaban J connectivity index is 2.82. The Hall–Kier alpha value is -2.37. The standard InChI is InChI=1S/C15H20N2O4/c1-3-8-16-13(18)10-6-5-7-11(9-10)14(19)17-12(4-2)15(20)21/h5-7,9,12H,3-4,8H2,1-2H3,(H,16,18)(H,17,19)(H,20,21). The van der Waals surface area contributed by atoms with Gasteiger partial charge in [-0.15, -0.1) is 0 Å². The van der Waals surface area contributed by atoms with Crippen molar-refractivity contribution in [2.45, 2.75) is 32.7 Å². The Kier molecular flexibility index (Phi) is 6.39. The zero-order valence-corrected chi connectivity index (χ0v) is 12.2. The highest BCUT2D eigenvalue weighted by Crippen LogP contribution is 2.06. The lowest BCUT2D eigenvalue weighted by molar-refractivity contribution is -0.139. The van der Waals surface area contributed by atoms with Crippen molar-refractivity contribution in [3.63, 3.8) is 0 Å². The van der Waals surface area contributed by atoms with E-state index in [1.807, 2.05) is 6.92 Å². The number of carbonyl (C=O) groups is 3. The summed E-state index contributed by atoms with van der Waals surface area (Å²) in [5.74, 6) is -1.84. The van der Waals surface area contributed by atoms with Gasteiger partial charge in [0.25, 0.3) is 11.8 Å². The number of hydrogen-bond donors (Lipinski definition) is 3. The van der Waals surface area contributed by atoms with Crippen LogP contribution in [0.2, 0.25) is 0 Å². The minimum Gasteiger partial charge on any atom is -0.480 e. The molecule has 1 aromatic carbocycles. The van der Waals surface area contributed by atoms with Crippen molar-refractivity contribution < 1.29 is 19.5 Å². The largest absolute Gasteiger partial charge is 0.480 e. The van der Waals surface area contributed by atoms with Gasteiger partial charge in [0.2, 0.25) is 0 Å². The molecule has 6 nitrogen and oxygen atoms in total. The molecule has 1 unspecified atom stereocenters. The molecule has 0 aliphatic heterocycles. The molecule has 0 bridgehead atoms. The summed E-state index contributed by atoms with van der Waals surface area (Å²) < 4.78 is 0. The first-order chi connectivity index (χ1) is 9.99. The van der Waals surface area contributed by atoms with Gasteiger partial charge in [0, 0.05) is 17.7 Å². The van der Waals surface area contributed by atoms with Gasteiger partial charge in [-0.2, -0.15) is 0 Å². The van der Waals surface area contributed by atoms with Crippen LogP contribution < -0.4 is 10.6 Å². The molecule has 1 atom stereocenters.